The summed E-state index contributed by atoms with van der Waals surface area (Å²) in [7, 11) is 1.60. The van der Waals surface area contributed by atoms with Gasteiger partial charge in [-0.3, -0.25) is 14.4 Å². The van der Waals surface area contributed by atoms with Crippen LogP contribution < -0.4 is 21.0 Å². The Labute approximate surface area is 207 Å². The third-order valence-electron chi connectivity index (χ3n) is 5.52. The van der Waals surface area contributed by atoms with Gasteiger partial charge in [0.25, 0.3) is 17.4 Å². The van der Waals surface area contributed by atoms with Crippen LogP contribution in [0, 0.1) is 0 Å². The summed E-state index contributed by atoms with van der Waals surface area (Å²) in [6.45, 7) is 1.78. The Kier molecular flexibility index (Phi) is 7.50. The number of carbonyl (C=O) groups excluding carboxylic acids is 2. The number of H-pyrrole nitrogens is 1. The molecule has 1 heterocycles. The summed E-state index contributed by atoms with van der Waals surface area (Å²) in [5, 5.41) is 14.3. The Morgan fingerprint density at radius 3 is 2.47 bits per heavy atom. The van der Waals surface area contributed by atoms with Crippen molar-refractivity contribution in [3.8, 4) is 5.75 Å². The molecule has 0 saturated carbocycles. The number of carbonyl (C=O) groups is 2. The zero-order valence-electron chi connectivity index (χ0n) is 19.8. The van der Waals surface area contributed by atoms with E-state index in [1.54, 1.807) is 68.6 Å². The first kappa shape index (κ1) is 24.3. The predicted molar refractivity (Wildman–Crippen MR) is 137 cm³/mol. The summed E-state index contributed by atoms with van der Waals surface area (Å²) in [6.07, 6.45) is 0.484. The maximum atomic E-state index is 13.3. The van der Waals surface area contributed by atoms with E-state index in [1.165, 1.54) is 0 Å². The van der Waals surface area contributed by atoms with E-state index >= 15 is 0 Å². The molecule has 36 heavy (non-hydrogen) atoms. The van der Waals surface area contributed by atoms with Crippen LogP contribution in [0.4, 0.5) is 0 Å². The van der Waals surface area contributed by atoms with Gasteiger partial charge in [-0.05, 0) is 42.8 Å². The number of aromatic nitrogens is 2. The first-order valence-electron chi connectivity index (χ1n) is 11.3. The topological polar surface area (TPSA) is 126 Å². The smallest absolute Gasteiger partial charge is 0.272 e. The van der Waals surface area contributed by atoms with E-state index in [9.17, 15) is 14.4 Å². The standard InChI is InChI=1S/C27H25N5O4/c1-17(15-18-9-8-12-20(16-18)36-2)29-32-27(35)24(28-25(33)19-10-4-3-5-11-19)23-21-13-6-7-14-22(21)26(34)31-30-23/h3-14,16,24H,15H2,1-2H3,(H,28,33)(H,31,34)(H,32,35)/b29-17+. The number of hydrazone groups is 1. The van der Waals surface area contributed by atoms with Gasteiger partial charge in [0.2, 0.25) is 0 Å². The van der Waals surface area contributed by atoms with Gasteiger partial charge in [-0.15, -0.1) is 0 Å². The fourth-order valence-electron chi connectivity index (χ4n) is 3.75. The van der Waals surface area contributed by atoms with E-state index in [0.29, 0.717) is 28.5 Å². The second-order valence-electron chi connectivity index (χ2n) is 8.11. The molecule has 0 aliphatic rings. The van der Waals surface area contributed by atoms with Crippen molar-refractivity contribution >= 4 is 28.3 Å². The van der Waals surface area contributed by atoms with Crippen LogP contribution in [-0.2, 0) is 11.2 Å². The minimum atomic E-state index is -1.21. The highest BCUT2D eigenvalue weighted by atomic mass is 16.5. The Morgan fingerprint density at radius 2 is 1.72 bits per heavy atom. The molecular formula is C27H25N5O4. The molecule has 0 radical (unpaired) electrons. The molecule has 0 aliphatic carbocycles. The third kappa shape index (κ3) is 5.64. The molecule has 4 aromatic rings. The number of aromatic amines is 1. The van der Waals surface area contributed by atoms with Crippen molar-refractivity contribution in [1.82, 2.24) is 20.9 Å². The number of amides is 2. The van der Waals surface area contributed by atoms with Gasteiger partial charge < -0.3 is 10.1 Å². The van der Waals surface area contributed by atoms with Crippen molar-refractivity contribution in [2.75, 3.05) is 7.11 Å². The van der Waals surface area contributed by atoms with Crippen LogP contribution in [0.5, 0.6) is 5.75 Å². The van der Waals surface area contributed by atoms with Crippen molar-refractivity contribution in [1.29, 1.82) is 0 Å². The molecule has 1 unspecified atom stereocenters. The largest absolute Gasteiger partial charge is 0.497 e. The highest BCUT2D eigenvalue weighted by Gasteiger charge is 2.27. The van der Waals surface area contributed by atoms with Crippen molar-refractivity contribution in [2.45, 2.75) is 19.4 Å². The highest BCUT2D eigenvalue weighted by Crippen LogP contribution is 2.20. The van der Waals surface area contributed by atoms with Gasteiger partial charge in [0.05, 0.1) is 12.5 Å². The van der Waals surface area contributed by atoms with Gasteiger partial charge in [0.1, 0.15) is 11.4 Å². The van der Waals surface area contributed by atoms with Gasteiger partial charge in [0.15, 0.2) is 6.04 Å². The van der Waals surface area contributed by atoms with Gasteiger partial charge >= 0.3 is 0 Å². The second-order valence-corrected chi connectivity index (χ2v) is 8.11. The molecule has 0 fully saturated rings. The lowest BCUT2D eigenvalue weighted by Crippen LogP contribution is -2.40. The lowest BCUT2D eigenvalue weighted by Gasteiger charge is -2.18. The Morgan fingerprint density at radius 1 is 1.00 bits per heavy atom. The molecule has 1 atom stereocenters. The number of ether oxygens (including phenoxy) is 1. The van der Waals surface area contributed by atoms with E-state index in [4.69, 9.17) is 4.74 Å². The van der Waals surface area contributed by atoms with E-state index < -0.39 is 23.4 Å². The van der Waals surface area contributed by atoms with E-state index in [1.807, 2.05) is 24.3 Å². The fraction of sp³-hybridized carbons (Fsp3) is 0.148. The first-order chi connectivity index (χ1) is 17.5. The molecule has 0 aliphatic heterocycles. The van der Waals surface area contributed by atoms with E-state index in [0.717, 1.165) is 11.3 Å². The third-order valence-corrected chi connectivity index (χ3v) is 5.52. The minimum absolute atomic E-state index is 0.202. The molecule has 4 rings (SSSR count). The Balaban J connectivity index is 1.62. The lowest BCUT2D eigenvalue weighted by atomic mass is 10.0. The molecule has 1 aromatic heterocycles. The van der Waals surface area contributed by atoms with Crippen LogP contribution in [-0.4, -0.2) is 34.8 Å². The summed E-state index contributed by atoms with van der Waals surface area (Å²) in [4.78, 5) is 38.5. The number of nitrogens with one attached hydrogen (secondary N) is 3. The Hall–Kier alpha value is -4.79. The van der Waals surface area contributed by atoms with Crippen LogP contribution in [0.3, 0.4) is 0 Å². The van der Waals surface area contributed by atoms with Crippen molar-refractivity contribution in [3.05, 3.63) is 106 Å². The number of fused-ring (bicyclic) bond motifs is 1. The molecule has 0 spiro atoms. The summed E-state index contributed by atoms with van der Waals surface area (Å²) in [6, 6.07) is 21.6. The quantitative estimate of drug-likeness (QED) is 0.262. The number of nitrogens with zero attached hydrogens (tertiary/aromatic N) is 2. The van der Waals surface area contributed by atoms with Gasteiger partial charge in [-0.1, -0.05) is 48.5 Å². The zero-order valence-corrected chi connectivity index (χ0v) is 19.8. The molecule has 3 N–H and O–H groups in total. The molecule has 9 nitrogen and oxygen atoms in total. The predicted octanol–water partition coefficient (Wildman–Crippen LogP) is 3.14. The van der Waals surface area contributed by atoms with Gasteiger partial charge in [0, 0.05) is 23.1 Å². The zero-order chi connectivity index (χ0) is 25.5. The average Bonchev–Trinajstić information content (AvgIpc) is 2.91. The van der Waals surface area contributed by atoms with Crippen LogP contribution in [0.25, 0.3) is 10.8 Å². The Bertz CT molecular complexity index is 1480. The molecular weight excluding hydrogens is 458 g/mol. The normalized spacial score (nSPS) is 12.1. The molecule has 0 saturated heterocycles. The van der Waals surface area contributed by atoms with Crippen LogP contribution in [0.15, 0.2) is 88.8 Å². The molecule has 182 valence electrons. The molecule has 2 amide bonds. The number of rotatable bonds is 8. The summed E-state index contributed by atoms with van der Waals surface area (Å²) >= 11 is 0. The summed E-state index contributed by atoms with van der Waals surface area (Å²) in [5.74, 6) is -0.345. The van der Waals surface area contributed by atoms with Crippen LogP contribution in [0.2, 0.25) is 0 Å². The first-order valence-corrected chi connectivity index (χ1v) is 11.3. The van der Waals surface area contributed by atoms with Gasteiger partial charge in [-0.2, -0.15) is 10.2 Å². The number of benzene rings is 3. The maximum Gasteiger partial charge on any atom is 0.272 e. The fourth-order valence-corrected chi connectivity index (χ4v) is 3.75. The van der Waals surface area contributed by atoms with Crippen LogP contribution >= 0.6 is 0 Å². The average molecular weight is 484 g/mol. The van der Waals surface area contributed by atoms with E-state index in [-0.39, 0.29) is 5.69 Å². The van der Waals surface area contributed by atoms with Crippen molar-refractivity contribution < 1.29 is 14.3 Å². The van der Waals surface area contributed by atoms with E-state index in [2.05, 4.69) is 26.0 Å². The van der Waals surface area contributed by atoms with Crippen molar-refractivity contribution in [3.63, 3.8) is 0 Å². The molecule has 3 aromatic carbocycles. The number of hydrogen-bond acceptors (Lipinski definition) is 6. The maximum absolute atomic E-state index is 13.3. The second kappa shape index (κ2) is 11.1. The lowest BCUT2D eigenvalue weighted by molar-refractivity contribution is -0.123. The van der Waals surface area contributed by atoms with Gasteiger partial charge in [-0.25, -0.2) is 10.5 Å². The monoisotopic (exact) mass is 483 g/mol. The minimum Gasteiger partial charge on any atom is -0.497 e. The summed E-state index contributed by atoms with van der Waals surface area (Å²) in [5.41, 5.74) is 4.33. The van der Waals surface area contributed by atoms with Crippen molar-refractivity contribution in [2.24, 2.45) is 5.10 Å². The molecule has 0 bridgehead atoms. The number of hydrogen-bond donors (Lipinski definition) is 3. The highest BCUT2D eigenvalue weighted by molar-refractivity contribution is 5.99. The number of methoxy groups -OCH3 is 1. The summed E-state index contributed by atoms with van der Waals surface area (Å²) < 4.78 is 5.25. The SMILES string of the molecule is COc1cccc(C/C(C)=N/NC(=O)C(NC(=O)c2ccccc2)c2n[nH]c(=O)c3ccccc23)c1. The molecule has 9 heteroatoms. The van der Waals surface area contributed by atoms with Crippen LogP contribution in [0.1, 0.15) is 34.6 Å².